The lowest BCUT2D eigenvalue weighted by molar-refractivity contribution is -0.115. The van der Waals surface area contributed by atoms with Crippen molar-refractivity contribution in [2.24, 2.45) is 0 Å². The Bertz CT molecular complexity index is 995. The van der Waals surface area contributed by atoms with E-state index < -0.39 is 5.97 Å². The number of aryl methyl sites for hydroxylation is 1. The number of nitrogens with one attached hydrogen (secondary N) is 1. The molecule has 0 heterocycles. The molecular weight excluding hydrogens is 374 g/mol. The standard InChI is InChI=1S/C23H20ClNO3/c1-2-15-3-7-17(8-4-15)18-9-5-16(6-10-18)13-22(26)25-21-14-19(24)11-12-20(21)23(27)28/h3-12,14H,2,13H2,1H3,(H,25,26)(H,27,28). The monoisotopic (exact) mass is 393 g/mol. The molecule has 0 aromatic heterocycles. The fourth-order valence-electron chi connectivity index (χ4n) is 2.93. The van der Waals surface area contributed by atoms with Gasteiger partial charge in [-0.05, 0) is 46.9 Å². The van der Waals surface area contributed by atoms with Crippen molar-refractivity contribution in [3.63, 3.8) is 0 Å². The fraction of sp³-hybridized carbons (Fsp3) is 0.130. The van der Waals surface area contributed by atoms with Gasteiger partial charge in [0.05, 0.1) is 17.7 Å². The van der Waals surface area contributed by atoms with E-state index in [1.807, 2.05) is 24.3 Å². The molecule has 142 valence electrons. The SMILES string of the molecule is CCc1ccc(-c2ccc(CC(=O)Nc3cc(Cl)ccc3C(=O)O)cc2)cc1. The zero-order chi connectivity index (χ0) is 20.1. The highest BCUT2D eigenvalue weighted by Crippen LogP contribution is 2.23. The molecule has 3 rings (SSSR count). The first kappa shape index (κ1) is 19.6. The van der Waals surface area contributed by atoms with Crippen LogP contribution in [0.1, 0.15) is 28.4 Å². The summed E-state index contributed by atoms with van der Waals surface area (Å²) in [4.78, 5) is 23.6. The fourth-order valence-corrected chi connectivity index (χ4v) is 3.11. The van der Waals surface area contributed by atoms with E-state index in [4.69, 9.17) is 11.6 Å². The molecule has 28 heavy (non-hydrogen) atoms. The Kier molecular flexibility index (Phi) is 6.12. The average Bonchev–Trinajstić information content (AvgIpc) is 2.68. The Balaban J connectivity index is 1.69. The first-order valence-electron chi connectivity index (χ1n) is 8.97. The topological polar surface area (TPSA) is 66.4 Å². The van der Waals surface area contributed by atoms with Gasteiger partial charge in [0.25, 0.3) is 0 Å². The third kappa shape index (κ3) is 4.78. The van der Waals surface area contributed by atoms with Gasteiger partial charge >= 0.3 is 5.97 Å². The maximum atomic E-state index is 12.3. The van der Waals surface area contributed by atoms with Crippen molar-refractivity contribution in [3.8, 4) is 11.1 Å². The molecule has 0 aliphatic carbocycles. The lowest BCUT2D eigenvalue weighted by Gasteiger charge is -2.10. The smallest absolute Gasteiger partial charge is 0.337 e. The summed E-state index contributed by atoms with van der Waals surface area (Å²) < 4.78 is 0. The Labute approximate surface area is 168 Å². The van der Waals surface area contributed by atoms with Crippen LogP contribution in [0.15, 0.2) is 66.7 Å². The van der Waals surface area contributed by atoms with Gasteiger partial charge in [0.1, 0.15) is 0 Å². The molecule has 2 N–H and O–H groups in total. The third-order valence-corrected chi connectivity index (χ3v) is 4.74. The van der Waals surface area contributed by atoms with Crippen molar-refractivity contribution in [1.82, 2.24) is 0 Å². The van der Waals surface area contributed by atoms with Crippen LogP contribution in [-0.4, -0.2) is 17.0 Å². The quantitative estimate of drug-likeness (QED) is 0.585. The van der Waals surface area contributed by atoms with Crippen molar-refractivity contribution >= 4 is 29.2 Å². The summed E-state index contributed by atoms with van der Waals surface area (Å²) in [5.41, 5.74) is 4.53. The molecule has 0 saturated heterocycles. The molecule has 0 radical (unpaired) electrons. The van der Waals surface area contributed by atoms with Gasteiger partial charge in [-0.25, -0.2) is 4.79 Å². The normalized spacial score (nSPS) is 10.5. The van der Waals surface area contributed by atoms with E-state index in [1.165, 1.54) is 23.8 Å². The highest BCUT2D eigenvalue weighted by atomic mass is 35.5. The Morgan fingerprint density at radius 2 is 1.46 bits per heavy atom. The maximum absolute atomic E-state index is 12.3. The maximum Gasteiger partial charge on any atom is 0.337 e. The van der Waals surface area contributed by atoms with Crippen LogP contribution in [-0.2, 0) is 17.6 Å². The van der Waals surface area contributed by atoms with Crippen LogP contribution < -0.4 is 5.32 Å². The minimum atomic E-state index is -1.12. The van der Waals surface area contributed by atoms with Gasteiger partial charge in [0.15, 0.2) is 0 Å². The number of amides is 1. The van der Waals surface area contributed by atoms with Crippen molar-refractivity contribution in [2.45, 2.75) is 19.8 Å². The lowest BCUT2D eigenvalue weighted by Crippen LogP contribution is -2.16. The van der Waals surface area contributed by atoms with Gasteiger partial charge in [0.2, 0.25) is 5.91 Å². The highest BCUT2D eigenvalue weighted by Gasteiger charge is 2.13. The number of carboxylic acid groups (broad SMARTS) is 1. The van der Waals surface area contributed by atoms with E-state index in [-0.39, 0.29) is 23.6 Å². The van der Waals surface area contributed by atoms with Crippen molar-refractivity contribution in [2.75, 3.05) is 5.32 Å². The number of anilines is 1. The minimum absolute atomic E-state index is 0.00336. The summed E-state index contributed by atoms with van der Waals surface area (Å²) in [6.07, 6.45) is 1.14. The van der Waals surface area contributed by atoms with Gasteiger partial charge < -0.3 is 10.4 Å². The van der Waals surface area contributed by atoms with E-state index >= 15 is 0 Å². The van der Waals surface area contributed by atoms with Crippen LogP contribution in [0.25, 0.3) is 11.1 Å². The number of hydrogen-bond donors (Lipinski definition) is 2. The van der Waals surface area contributed by atoms with Crippen LogP contribution in [0, 0.1) is 0 Å². The van der Waals surface area contributed by atoms with E-state index in [0.29, 0.717) is 5.02 Å². The molecule has 0 unspecified atom stereocenters. The molecule has 3 aromatic carbocycles. The molecule has 1 amide bonds. The van der Waals surface area contributed by atoms with Crippen molar-refractivity contribution < 1.29 is 14.7 Å². The predicted molar refractivity (Wildman–Crippen MR) is 112 cm³/mol. The number of carboxylic acids is 1. The molecule has 0 aliphatic heterocycles. The number of carbonyl (C=O) groups excluding carboxylic acids is 1. The second kappa shape index (κ2) is 8.72. The molecule has 0 spiro atoms. The predicted octanol–water partition coefficient (Wildman–Crippen LogP) is 5.45. The number of carbonyl (C=O) groups is 2. The molecule has 3 aromatic rings. The van der Waals surface area contributed by atoms with Crippen LogP contribution in [0.4, 0.5) is 5.69 Å². The highest BCUT2D eigenvalue weighted by molar-refractivity contribution is 6.31. The van der Waals surface area contributed by atoms with E-state index in [9.17, 15) is 14.7 Å². The molecule has 0 fully saturated rings. The lowest BCUT2D eigenvalue weighted by atomic mass is 10.0. The van der Waals surface area contributed by atoms with E-state index in [0.717, 1.165) is 23.1 Å². The average molecular weight is 394 g/mol. The minimum Gasteiger partial charge on any atom is -0.478 e. The first-order valence-corrected chi connectivity index (χ1v) is 9.35. The Hall–Kier alpha value is -3.11. The number of hydrogen-bond acceptors (Lipinski definition) is 2. The second-order valence-corrected chi connectivity index (χ2v) is 6.90. The zero-order valence-corrected chi connectivity index (χ0v) is 16.2. The van der Waals surface area contributed by atoms with Crippen LogP contribution in [0.5, 0.6) is 0 Å². The molecule has 0 bridgehead atoms. The van der Waals surface area contributed by atoms with Crippen LogP contribution in [0.3, 0.4) is 0 Å². The Morgan fingerprint density at radius 3 is 2.00 bits per heavy atom. The summed E-state index contributed by atoms with van der Waals surface area (Å²) in [6.45, 7) is 2.12. The summed E-state index contributed by atoms with van der Waals surface area (Å²) in [5.74, 6) is -1.42. The summed E-state index contributed by atoms with van der Waals surface area (Å²) in [6, 6.07) is 20.5. The number of halogens is 1. The largest absolute Gasteiger partial charge is 0.478 e. The van der Waals surface area contributed by atoms with Crippen molar-refractivity contribution in [1.29, 1.82) is 0 Å². The van der Waals surface area contributed by atoms with E-state index in [2.05, 4.69) is 36.5 Å². The van der Waals surface area contributed by atoms with Gasteiger partial charge in [-0.2, -0.15) is 0 Å². The molecule has 0 atom stereocenters. The van der Waals surface area contributed by atoms with Gasteiger partial charge in [-0.3, -0.25) is 4.79 Å². The number of rotatable bonds is 6. The van der Waals surface area contributed by atoms with Crippen LogP contribution in [0.2, 0.25) is 5.02 Å². The zero-order valence-electron chi connectivity index (χ0n) is 15.4. The van der Waals surface area contributed by atoms with Gasteiger partial charge in [0, 0.05) is 5.02 Å². The van der Waals surface area contributed by atoms with Gasteiger partial charge in [-0.15, -0.1) is 0 Å². The summed E-state index contributed by atoms with van der Waals surface area (Å²) in [7, 11) is 0. The Morgan fingerprint density at radius 1 is 0.893 bits per heavy atom. The summed E-state index contributed by atoms with van der Waals surface area (Å²) >= 11 is 5.92. The second-order valence-electron chi connectivity index (χ2n) is 6.47. The van der Waals surface area contributed by atoms with E-state index in [1.54, 1.807) is 0 Å². The first-order chi connectivity index (χ1) is 13.5. The number of benzene rings is 3. The molecule has 4 nitrogen and oxygen atoms in total. The molecule has 0 aliphatic rings. The summed E-state index contributed by atoms with van der Waals surface area (Å²) in [5, 5.41) is 12.2. The third-order valence-electron chi connectivity index (χ3n) is 4.50. The van der Waals surface area contributed by atoms with Crippen molar-refractivity contribution in [3.05, 3.63) is 88.4 Å². The van der Waals surface area contributed by atoms with Crippen LogP contribution >= 0.6 is 11.6 Å². The molecule has 0 saturated carbocycles. The number of aromatic carboxylic acids is 1. The molecular formula is C23H20ClNO3. The molecule has 5 heteroatoms. The van der Waals surface area contributed by atoms with Gasteiger partial charge in [-0.1, -0.05) is 67.1 Å².